The van der Waals surface area contributed by atoms with Crippen molar-refractivity contribution in [3.8, 4) is 11.1 Å². The third-order valence-electron chi connectivity index (χ3n) is 11.6. The van der Waals surface area contributed by atoms with Crippen LogP contribution in [0.1, 0.15) is 58.8 Å². The van der Waals surface area contributed by atoms with Gasteiger partial charge in [-0.1, -0.05) is 135 Å². The number of ketones is 1. The molecule has 332 valence electrons. The molecule has 5 aromatic rings. The van der Waals surface area contributed by atoms with Crippen molar-refractivity contribution in [1.82, 2.24) is 4.90 Å². The van der Waals surface area contributed by atoms with Crippen LogP contribution >= 0.6 is 0 Å². The number of carbonyl (C=O) groups is 3. The molecular formula is C51H57NO11. The molecule has 4 aromatic carbocycles. The number of carbonyl (C=O) groups excluding carboxylic acids is 3. The van der Waals surface area contributed by atoms with E-state index in [1.165, 1.54) is 7.11 Å². The molecule has 7 atom stereocenters. The third-order valence-corrected chi connectivity index (χ3v) is 11.6. The van der Waals surface area contributed by atoms with Crippen molar-refractivity contribution in [3.63, 3.8) is 0 Å². The number of hydrogen-bond acceptors (Lipinski definition) is 11. The van der Waals surface area contributed by atoms with E-state index in [9.17, 15) is 19.5 Å². The molecular weight excluding hydrogens is 803 g/mol. The molecule has 0 aliphatic carbocycles. The highest BCUT2D eigenvalue weighted by atomic mass is 16.7. The molecule has 12 heteroatoms. The first-order valence-electron chi connectivity index (χ1n) is 21.6. The first-order valence-corrected chi connectivity index (χ1v) is 21.6. The lowest BCUT2D eigenvalue weighted by Gasteiger charge is -2.45. The maximum atomic E-state index is 14.6. The summed E-state index contributed by atoms with van der Waals surface area (Å²) in [6.07, 6.45) is -3.62. The van der Waals surface area contributed by atoms with Gasteiger partial charge in [-0.25, -0.2) is 9.69 Å². The number of cyclic esters (lactones) is 1. The summed E-state index contributed by atoms with van der Waals surface area (Å²) >= 11 is 0. The van der Waals surface area contributed by atoms with Gasteiger partial charge >= 0.3 is 6.09 Å². The quantitative estimate of drug-likeness (QED) is 0.0460. The highest BCUT2D eigenvalue weighted by molar-refractivity contribution is 6.12. The number of nitrogens with zero attached hydrogens (tertiary/aromatic N) is 1. The Balaban J connectivity index is 1.13. The number of Topliss-reactive ketones (excluding diaryl/α,β-unsaturated/α-hetero) is 1. The van der Waals surface area contributed by atoms with Crippen molar-refractivity contribution in [2.75, 3.05) is 26.9 Å². The van der Waals surface area contributed by atoms with E-state index < -0.39 is 60.4 Å². The van der Waals surface area contributed by atoms with Crippen LogP contribution in [0.15, 0.2) is 126 Å². The van der Waals surface area contributed by atoms with Crippen molar-refractivity contribution in [3.05, 3.63) is 155 Å². The van der Waals surface area contributed by atoms with Crippen LogP contribution in [0.25, 0.3) is 11.1 Å². The molecule has 2 fully saturated rings. The number of hydrogen-bond donors (Lipinski definition) is 1. The van der Waals surface area contributed by atoms with Gasteiger partial charge in [0.15, 0.2) is 12.1 Å². The summed E-state index contributed by atoms with van der Waals surface area (Å²) in [5, 5.41) is 10.5. The molecule has 2 amide bonds. The van der Waals surface area contributed by atoms with Crippen molar-refractivity contribution in [1.29, 1.82) is 0 Å². The van der Waals surface area contributed by atoms with Crippen LogP contribution in [-0.4, -0.2) is 91.5 Å². The zero-order chi connectivity index (χ0) is 44.3. The molecule has 0 unspecified atom stereocenters. The van der Waals surface area contributed by atoms with Crippen LogP contribution in [0.3, 0.4) is 0 Å². The Morgan fingerprint density at radius 2 is 1.43 bits per heavy atom. The number of rotatable bonds is 20. The van der Waals surface area contributed by atoms with Gasteiger partial charge in [-0.05, 0) is 54.0 Å². The molecule has 12 nitrogen and oxygen atoms in total. The molecule has 3 heterocycles. The first-order chi connectivity index (χ1) is 30.6. The third kappa shape index (κ3) is 11.2. The van der Waals surface area contributed by atoms with Gasteiger partial charge in [0, 0.05) is 25.7 Å². The van der Waals surface area contributed by atoms with Gasteiger partial charge in [-0.2, -0.15) is 0 Å². The fourth-order valence-corrected chi connectivity index (χ4v) is 8.22. The minimum absolute atomic E-state index is 0.0216. The van der Waals surface area contributed by atoms with Gasteiger partial charge in [0.25, 0.3) is 0 Å². The summed E-state index contributed by atoms with van der Waals surface area (Å²) in [4.78, 5) is 43.1. The topological polar surface area (TPSA) is 143 Å². The maximum Gasteiger partial charge on any atom is 0.417 e. The second kappa shape index (κ2) is 21.7. The summed E-state index contributed by atoms with van der Waals surface area (Å²) in [5.41, 5.74) is 5.27. The minimum atomic E-state index is -1.24. The van der Waals surface area contributed by atoms with Crippen LogP contribution in [0.5, 0.6) is 0 Å². The maximum absolute atomic E-state index is 14.6. The smallest absolute Gasteiger partial charge is 0.417 e. The summed E-state index contributed by atoms with van der Waals surface area (Å²) in [6.45, 7) is 6.31. The lowest BCUT2D eigenvalue weighted by atomic mass is 9.91. The number of aliphatic hydroxyl groups is 1. The minimum Gasteiger partial charge on any atom is -0.457 e. The Morgan fingerprint density at radius 3 is 2.03 bits per heavy atom. The summed E-state index contributed by atoms with van der Waals surface area (Å²) in [7, 11) is 1.52. The van der Waals surface area contributed by atoms with E-state index in [1.807, 2.05) is 136 Å². The molecule has 0 bridgehead atoms. The molecule has 1 N–H and O–H groups in total. The second-order valence-corrected chi connectivity index (χ2v) is 16.4. The van der Waals surface area contributed by atoms with Gasteiger partial charge in [0.2, 0.25) is 11.7 Å². The molecule has 2 aliphatic rings. The van der Waals surface area contributed by atoms with Crippen molar-refractivity contribution >= 4 is 17.8 Å². The van der Waals surface area contributed by atoms with E-state index in [4.69, 9.17) is 32.8 Å². The molecule has 2 saturated heterocycles. The molecule has 7 rings (SSSR count). The Bertz CT molecular complexity index is 2250. The van der Waals surface area contributed by atoms with Crippen LogP contribution < -0.4 is 0 Å². The van der Waals surface area contributed by atoms with E-state index in [0.29, 0.717) is 24.2 Å². The zero-order valence-corrected chi connectivity index (χ0v) is 36.3. The number of aryl methyl sites for hydroxylation is 2. The largest absolute Gasteiger partial charge is 0.457 e. The van der Waals surface area contributed by atoms with Crippen LogP contribution in [-0.2, 0) is 59.3 Å². The number of methoxy groups -OCH3 is 1. The van der Waals surface area contributed by atoms with E-state index in [2.05, 4.69) is 0 Å². The lowest BCUT2D eigenvalue weighted by molar-refractivity contribution is -0.319. The van der Waals surface area contributed by atoms with E-state index in [-0.39, 0.29) is 51.1 Å². The number of amides is 2. The number of aliphatic hydroxyl groups excluding tert-OH is 1. The fourth-order valence-electron chi connectivity index (χ4n) is 8.22. The monoisotopic (exact) mass is 859 g/mol. The number of furan rings is 1. The average Bonchev–Trinajstić information content (AvgIpc) is 3.92. The van der Waals surface area contributed by atoms with Gasteiger partial charge in [-0.15, -0.1) is 0 Å². The Kier molecular flexibility index (Phi) is 15.7. The number of ether oxygens (including phenoxy) is 6. The SMILES string of the molecule is CO[C@H]1O[C@H](CO)[C@@H](OCc2ccccc2)[C@H](OCc2ccccc2)[C@@H]1OCCCc1oc(C(=O)[C@@H](Cc2ccccc2)C(=O)N2C(=O)OC[C@@H]2C(C)C)cc1-c1cccc(C)c1. The Morgan fingerprint density at radius 1 is 0.794 bits per heavy atom. The standard InChI is InChI=1S/C51H57NO11/c1-33(2)41-32-61-51(56)52(41)49(55)40(27-35-17-8-5-9-18-35)45(54)43-28-39(38-23-14-16-34(3)26-38)42(62-43)24-15-25-58-48-47(60-31-37-21-12-7-13-22-37)46(44(29-53)63-50(48)57-4)59-30-36-19-10-6-11-20-36/h5-14,16-23,26,28,33,40-41,44,46-48,50,53H,15,24-25,27,29-32H2,1-4H3/t40-,41-,44-,46-,47+,48+,50+/m1/s1. The predicted octanol–water partition coefficient (Wildman–Crippen LogP) is 8.15. The first kappa shape index (κ1) is 45.6. The average molecular weight is 860 g/mol. The highest BCUT2D eigenvalue weighted by Crippen LogP contribution is 2.34. The van der Waals surface area contributed by atoms with E-state index in [0.717, 1.165) is 32.7 Å². The van der Waals surface area contributed by atoms with Crippen molar-refractivity contribution in [2.24, 2.45) is 11.8 Å². The number of imide groups is 1. The van der Waals surface area contributed by atoms with Gasteiger partial charge in [0.05, 0.1) is 25.9 Å². The molecule has 0 saturated carbocycles. The summed E-state index contributed by atoms with van der Waals surface area (Å²) in [5.74, 6) is -1.89. The normalized spacial score (nSPS) is 21.7. The molecule has 63 heavy (non-hydrogen) atoms. The molecule has 0 spiro atoms. The summed E-state index contributed by atoms with van der Waals surface area (Å²) < 4.78 is 43.5. The fraction of sp³-hybridized carbons (Fsp3) is 0.392. The molecule has 2 aliphatic heterocycles. The van der Waals surface area contributed by atoms with E-state index in [1.54, 1.807) is 6.07 Å². The van der Waals surface area contributed by atoms with Gasteiger partial charge in [-0.3, -0.25) is 9.59 Å². The van der Waals surface area contributed by atoms with Gasteiger partial charge < -0.3 is 37.9 Å². The van der Waals surface area contributed by atoms with Crippen LogP contribution in [0.2, 0.25) is 0 Å². The highest BCUT2D eigenvalue weighted by Gasteiger charge is 2.49. The Hall–Kier alpha value is -5.47. The van der Waals surface area contributed by atoms with Crippen LogP contribution in [0.4, 0.5) is 4.79 Å². The number of benzene rings is 4. The molecule has 1 aromatic heterocycles. The lowest BCUT2D eigenvalue weighted by Crippen LogP contribution is -2.61. The van der Waals surface area contributed by atoms with Crippen LogP contribution in [0, 0.1) is 18.8 Å². The van der Waals surface area contributed by atoms with E-state index >= 15 is 0 Å². The second-order valence-electron chi connectivity index (χ2n) is 16.4. The summed E-state index contributed by atoms with van der Waals surface area (Å²) in [6, 6.07) is 37.9. The Labute approximate surface area is 369 Å². The molecule has 0 radical (unpaired) electrons. The predicted molar refractivity (Wildman–Crippen MR) is 235 cm³/mol. The van der Waals surface area contributed by atoms with Crippen molar-refractivity contribution in [2.45, 2.75) is 90.0 Å². The van der Waals surface area contributed by atoms with Crippen molar-refractivity contribution < 1.29 is 52.3 Å². The zero-order valence-electron chi connectivity index (χ0n) is 36.3. The van der Waals surface area contributed by atoms with Gasteiger partial charge in [0.1, 0.15) is 42.7 Å².